The first-order valence-electron chi connectivity index (χ1n) is 4.87. The molecule has 1 fully saturated rings. The van der Waals surface area contributed by atoms with E-state index < -0.39 is 0 Å². The standard InChI is InChI=1S/C9H20N2/c10-11-8-9-6-4-2-1-3-5-7-9/h9,11H,1-8,10H2. The Hall–Kier alpha value is -0.0800. The van der Waals surface area contributed by atoms with Gasteiger partial charge >= 0.3 is 0 Å². The summed E-state index contributed by atoms with van der Waals surface area (Å²) in [4.78, 5) is 0. The van der Waals surface area contributed by atoms with E-state index in [9.17, 15) is 0 Å². The minimum atomic E-state index is 0.847. The maximum atomic E-state index is 5.30. The van der Waals surface area contributed by atoms with Crippen molar-refractivity contribution in [3.05, 3.63) is 0 Å². The zero-order valence-electron chi connectivity index (χ0n) is 7.31. The minimum absolute atomic E-state index is 0.847. The summed E-state index contributed by atoms with van der Waals surface area (Å²) in [7, 11) is 0. The molecular weight excluding hydrogens is 136 g/mol. The monoisotopic (exact) mass is 156 g/mol. The number of hydrogen-bond donors (Lipinski definition) is 2. The molecule has 3 N–H and O–H groups in total. The average molecular weight is 156 g/mol. The second-order valence-corrected chi connectivity index (χ2v) is 3.62. The van der Waals surface area contributed by atoms with Crippen molar-refractivity contribution in [2.24, 2.45) is 11.8 Å². The number of hydrogen-bond acceptors (Lipinski definition) is 2. The maximum absolute atomic E-state index is 5.30. The molecular formula is C9H20N2. The number of hydrazine groups is 1. The topological polar surface area (TPSA) is 38.0 Å². The predicted molar refractivity (Wildman–Crippen MR) is 48.0 cm³/mol. The van der Waals surface area contributed by atoms with Gasteiger partial charge in [-0.1, -0.05) is 32.1 Å². The Bertz CT molecular complexity index is 85.6. The molecule has 0 spiro atoms. The van der Waals surface area contributed by atoms with Crippen LogP contribution in [0.3, 0.4) is 0 Å². The molecule has 0 amide bonds. The molecule has 0 aromatic carbocycles. The molecule has 0 aliphatic heterocycles. The highest BCUT2D eigenvalue weighted by atomic mass is 15.2. The lowest BCUT2D eigenvalue weighted by molar-refractivity contribution is 0.363. The molecule has 0 heterocycles. The van der Waals surface area contributed by atoms with Gasteiger partial charge in [-0.25, -0.2) is 0 Å². The van der Waals surface area contributed by atoms with Gasteiger partial charge in [0.1, 0.15) is 0 Å². The van der Waals surface area contributed by atoms with E-state index in [0.717, 1.165) is 12.5 Å². The predicted octanol–water partition coefficient (Wildman–Crippen LogP) is 1.81. The Kier molecular flexibility index (Phi) is 4.55. The van der Waals surface area contributed by atoms with Crippen molar-refractivity contribution in [1.82, 2.24) is 5.43 Å². The van der Waals surface area contributed by atoms with Crippen LogP contribution in [0.15, 0.2) is 0 Å². The third kappa shape index (κ3) is 3.73. The maximum Gasteiger partial charge on any atom is 0.0126 e. The van der Waals surface area contributed by atoms with Crippen molar-refractivity contribution in [2.45, 2.75) is 44.9 Å². The lowest BCUT2D eigenvalue weighted by atomic mass is 9.91. The third-order valence-electron chi connectivity index (χ3n) is 2.63. The summed E-state index contributed by atoms with van der Waals surface area (Å²) >= 11 is 0. The molecule has 0 aromatic heterocycles. The highest BCUT2D eigenvalue weighted by Gasteiger charge is 2.09. The Morgan fingerprint density at radius 2 is 1.55 bits per heavy atom. The molecule has 1 aliphatic carbocycles. The molecule has 2 nitrogen and oxygen atoms in total. The molecule has 0 saturated heterocycles. The largest absolute Gasteiger partial charge is 0.271 e. The first-order chi connectivity index (χ1) is 5.43. The summed E-state index contributed by atoms with van der Waals surface area (Å²) in [5, 5.41) is 0. The molecule has 1 aliphatic rings. The van der Waals surface area contributed by atoms with Gasteiger partial charge in [-0.05, 0) is 18.8 Å². The second kappa shape index (κ2) is 5.56. The molecule has 0 unspecified atom stereocenters. The Labute approximate surface area is 69.5 Å². The van der Waals surface area contributed by atoms with E-state index >= 15 is 0 Å². The summed E-state index contributed by atoms with van der Waals surface area (Å²) in [6.45, 7) is 1.01. The molecule has 1 saturated carbocycles. The summed E-state index contributed by atoms with van der Waals surface area (Å²) in [6, 6.07) is 0. The number of nitrogens with one attached hydrogen (secondary N) is 1. The highest BCUT2D eigenvalue weighted by Crippen LogP contribution is 2.21. The van der Waals surface area contributed by atoms with E-state index in [-0.39, 0.29) is 0 Å². The van der Waals surface area contributed by atoms with Crippen LogP contribution in [0.25, 0.3) is 0 Å². The molecule has 0 radical (unpaired) electrons. The second-order valence-electron chi connectivity index (χ2n) is 3.62. The Morgan fingerprint density at radius 3 is 2.09 bits per heavy atom. The van der Waals surface area contributed by atoms with Crippen molar-refractivity contribution in [2.75, 3.05) is 6.54 Å². The van der Waals surface area contributed by atoms with Crippen LogP contribution in [-0.4, -0.2) is 6.54 Å². The van der Waals surface area contributed by atoms with Crippen LogP contribution >= 0.6 is 0 Å². The summed E-state index contributed by atoms with van der Waals surface area (Å²) < 4.78 is 0. The third-order valence-corrected chi connectivity index (χ3v) is 2.63. The lowest BCUT2D eigenvalue weighted by Gasteiger charge is -2.18. The molecule has 66 valence electrons. The van der Waals surface area contributed by atoms with E-state index in [1.54, 1.807) is 0 Å². The van der Waals surface area contributed by atoms with Crippen molar-refractivity contribution < 1.29 is 0 Å². The van der Waals surface area contributed by atoms with Gasteiger partial charge < -0.3 is 0 Å². The Morgan fingerprint density at radius 1 is 1.00 bits per heavy atom. The SMILES string of the molecule is NNCC1CCCCCCC1. The zero-order valence-corrected chi connectivity index (χ0v) is 7.31. The van der Waals surface area contributed by atoms with Crippen LogP contribution in [0.1, 0.15) is 44.9 Å². The van der Waals surface area contributed by atoms with Crippen LogP contribution in [0.5, 0.6) is 0 Å². The Balaban J connectivity index is 2.15. The zero-order chi connectivity index (χ0) is 7.94. The van der Waals surface area contributed by atoms with E-state index in [2.05, 4.69) is 5.43 Å². The van der Waals surface area contributed by atoms with E-state index in [4.69, 9.17) is 5.84 Å². The van der Waals surface area contributed by atoms with Gasteiger partial charge in [-0.3, -0.25) is 11.3 Å². The molecule has 11 heavy (non-hydrogen) atoms. The quantitative estimate of drug-likeness (QED) is 0.472. The average Bonchev–Trinajstić information content (AvgIpc) is 1.94. The number of nitrogens with two attached hydrogens (primary N) is 1. The summed E-state index contributed by atoms with van der Waals surface area (Å²) in [6.07, 6.45) is 9.89. The van der Waals surface area contributed by atoms with Crippen LogP contribution < -0.4 is 11.3 Å². The molecule has 2 heteroatoms. The van der Waals surface area contributed by atoms with Crippen molar-refractivity contribution in [1.29, 1.82) is 0 Å². The van der Waals surface area contributed by atoms with E-state index in [0.29, 0.717) is 0 Å². The summed E-state index contributed by atoms with van der Waals surface area (Å²) in [5.74, 6) is 6.15. The van der Waals surface area contributed by atoms with E-state index in [1.807, 2.05) is 0 Å². The fourth-order valence-corrected chi connectivity index (χ4v) is 1.91. The summed E-state index contributed by atoms with van der Waals surface area (Å²) in [5.41, 5.74) is 2.79. The molecule has 0 bridgehead atoms. The molecule has 0 aromatic rings. The van der Waals surface area contributed by atoms with Crippen molar-refractivity contribution in [3.8, 4) is 0 Å². The molecule has 1 rings (SSSR count). The van der Waals surface area contributed by atoms with Gasteiger partial charge in [0.25, 0.3) is 0 Å². The first kappa shape index (κ1) is 9.01. The normalized spacial score (nSPS) is 22.6. The van der Waals surface area contributed by atoms with Crippen LogP contribution in [0, 0.1) is 5.92 Å². The fraction of sp³-hybridized carbons (Fsp3) is 1.00. The molecule has 0 atom stereocenters. The number of rotatable bonds is 2. The smallest absolute Gasteiger partial charge is 0.0126 e. The van der Waals surface area contributed by atoms with Gasteiger partial charge in [-0.2, -0.15) is 0 Å². The lowest BCUT2D eigenvalue weighted by Crippen LogP contribution is -2.29. The fourth-order valence-electron chi connectivity index (χ4n) is 1.91. The van der Waals surface area contributed by atoms with Crippen LogP contribution in [-0.2, 0) is 0 Å². The van der Waals surface area contributed by atoms with Gasteiger partial charge in [0.15, 0.2) is 0 Å². The van der Waals surface area contributed by atoms with Crippen LogP contribution in [0.2, 0.25) is 0 Å². The van der Waals surface area contributed by atoms with Gasteiger partial charge in [-0.15, -0.1) is 0 Å². The van der Waals surface area contributed by atoms with Gasteiger partial charge in [0.05, 0.1) is 0 Å². The van der Waals surface area contributed by atoms with Crippen LogP contribution in [0.4, 0.5) is 0 Å². The minimum Gasteiger partial charge on any atom is -0.271 e. The first-order valence-corrected chi connectivity index (χ1v) is 4.87. The van der Waals surface area contributed by atoms with Crippen molar-refractivity contribution in [3.63, 3.8) is 0 Å². The van der Waals surface area contributed by atoms with E-state index in [1.165, 1.54) is 44.9 Å². The van der Waals surface area contributed by atoms with Crippen molar-refractivity contribution >= 4 is 0 Å². The van der Waals surface area contributed by atoms with Gasteiger partial charge in [0.2, 0.25) is 0 Å². The highest BCUT2D eigenvalue weighted by molar-refractivity contribution is 4.64. The van der Waals surface area contributed by atoms with Gasteiger partial charge in [0, 0.05) is 6.54 Å².